The molecule has 0 saturated carbocycles. The van der Waals surface area contributed by atoms with Crippen molar-refractivity contribution in [2.75, 3.05) is 13.1 Å². The maximum Gasteiger partial charge on any atom is 0.239 e. The highest BCUT2D eigenvalue weighted by Crippen LogP contribution is 2.20. The zero-order chi connectivity index (χ0) is 11.4. The molecule has 1 fully saturated rings. The van der Waals surface area contributed by atoms with E-state index in [4.69, 9.17) is 11.5 Å². The lowest BCUT2D eigenvalue weighted by Gasteiger charge is -2.32. The van der Waals surface area contributed by atoms with Crippen molar-refractivity contribution < 1.29 is 9.59 Å². The lowest BCUT2D eigenvalue weighted by Crippen LogP contribution is -2.46. The van der Waals surface area contributed by atoms with Gasteiger partial charge in [-0.1, -0.05) is 0 Å². The van der Waals surface area contributed by atoms with Gasteiger partial charge in [0.15, 0.2) is 0 Å². The minimum Gasteiger partial charge on any atom is -0.370 e. The Bertz CT molecular complexity index is 245. The van der Waals surface area contributed by atoms with E-state index in [2.05, 4.69) is 0 Å². The van der Waals surface area contributed by atoms with Crippen LogP contribution in [0.25, 0.3) is 0 Å². The second-order valence-electron chi connectivity index (χ2n) is 4.23. The average molecular weight is 213 g/mol. The molecule has 0 aliphatic carbocycles. The number of hydrogen-bond donors (Lipinski definition) is 2. The van der Waals surface area contributed by atoms with Gasteiger partial charge in [0.05, 0.1) is 6.04 Å². The lowest BCUT2D eigenvalue weighted by atomic mass is 9.93. The molecular formula is C10H19N3O2. The van der Waals surface area contributed by atoms with Crippen molar-refractivity contribution in [1.82, 2.24) is 4.90 Å². The van der Waals surface area contributed by atoms with Crippen LogP contribution in [0.5, 0.6) is 0 Å². The third-order valence-corrected chi connectivity index (χ3v) is 2.81. The minimum absolute atomic E-state index is 0.00692. The van der Waals surface area contributed by atoms with Crippen molar-refractivity contribution in [3.05, 3.63) is 0 Å². The van der Waals surface area contributed by atoms with Crippen LogP contribution in [-0.4, -0.2) is 35.8 Å². The first-order chi connectivity index (χ1) is 7.00. The van der Waals surface area contributed by atoms with Crippen LogP contribution in [0.1, 0.15) is 26.2 Å². The van der Waals surface area contributed by atoms with Crippen LogP contribution in [0.4, 0.5) is 0 Å². The maximum atomic E-state index is 11.5. The van der Waals surface area contributed by atoms with Gasteiger partial charge < -0.3 is 16.4 Å². The van der Waals surface area contributed by atoms with E-state index < -0.39 is 6.04 Å². The van der Waals surface area contributed by atoms with Gasteiger partial charge in [-0.05, 0) is 25.7 Å². The van der Waals surface area contributed by atoms with Gasteiger partial charge >= 0.3 is 0 Å². The number of nitrogens with zero attached hydrogens (tertiary/aromatic N) is 1. The fourth-order valence-corrected chi connectivity index (χ4v) is 1.93. The Morgan fingerprint density at radius 1 is 1.40 bits per heavy atom. The maximum absolute atomic E-state index is 11.5. The normalized spacial score (nSPS) is 20.0. The number of primary amides is 1. The van der Waals surface area contributed by atoms with Gasteiger partial charge in [-0.15, -0.1) is 0 Å². The summed E-state index contributed by atoms with van der Waals surface area (Å²) in [7, 11) is 0. The molecule has 1 unspecified atom stereocenters. The Hall–Kier alpha value is -1.10. The fraction of sp³-hybridized carbons (Fsp3) is 0.800. The van der Waals surface area contributed by atoms with Gasteiger partial charge in [0.2, 0.25) is 11.8 Å². The van der Waals surface area contributed by atoms with E-state index in [0.29, 0.717) is 25.4 Å². The number of likely N-dealkylation sites (tertiary alicyclic amines) is 1. The first kappa shape index (κ1) is 12.0. The highest BCUT2D eigenvalue weighted by molar-refractivity contribution is 5.81. The molecule has 1 heterocycles. The number of amides is 2. The molecule has 5 nitrogen and oxygen atoms in total. The number of hydrogen-bond acceptors (Lipinski definition) is 3. The van der Waals surface area contributed by atoms with Gasteiger partial charge in [-0.2, -0.15) is 0 Å². The van der Waals surface area contributed by atoms with E-state index in [0.717, 1.165) is 12.8 Å². The highest BCUT2D eigenvalue weighted by Gasteiger charge is 2.24. The summed E-state index contributed by atoms with van der Waals surface area (Å²) in [6, 6.07) is -0.433. The van der Waals surface area contributed by atoms with Crippen molar-refractivity contribution >= 4 is 11.8 Å². The second-order valence-corrected chi connectivity index (χ2v) is 4.23. The largest absolute Gasteiger partial charge is 0.370 e. The van der Waals surface area contributed by atoms with Crippen LogP contribution in [0.15, 0.2) is 0 Å². The summed E-state index contributed by atoms with van der Waals surface area (Å²) >= 11 is 0. The summed E-state index contributed by atoms with van der Waals surface area (Å²) in [6.07, 6.45) is 2.13. The molecule has 0 aromatic rings. The smallest absolute Gasteiger partial charge is 0.239 e. The summed E-state index contributed by atoms with van der Waals surface area (Å²) in [4.78, 5) is 24.0. The molecule has 15 heavy (non-hydrogen) atoms. The molecule has 5 heteroatoms. The SMILES string of the molecule is CC(N)C(=O)N1CCC(CC(N)=O)CC1. The van der Waals surface area contributed by atoms with Gasteiger partial charge in [0.1, 0.15) is 0 Å². The minimum atomic E-state index is -0.433. The summed E-state index contributed by atoms with van der Waals surface area (Å²) < 4.78 is 0. The number of carbonyl (C=O) groups excluding carboxylic acids is 2. The fourth-order valence-electron chi connectivity index (χ4n) is 1.93. The summed E-state index contributed by atoms with van der Waals surface area (Å²) in [5.74, 6) is 0.0686. The molecule has 0 spiro atoms. The Labute approximate surface area is 89.8 Å². The quantitative estimate of drug-likeness (QED) is 0.659. The zero-order valence-electron chi connectivity index (χ0n) is 9.11. The summed E-state index contributed by atoms with van der Waals surface area (Å²) in [5, 5.41) is 0. The van der Waals surface area contributed by atoms with Gasteiger partial charge in [0, 0.05) is 19.5 Å². The highest BCUT2D eigenvalue weighted by atomic mass is 16.2. The van der Waals surface area contributed by atoms with Crippen molar-refractivity contribution in [1.29, 1.82) is 0 Å². The predicted octanol–water partition coefficient (Wildman–Crippen LogP) is -0.552. The summed E-state index contributed by atoms with van der Waals surface area (Å²) in [5.41, 5.74) is 10.6. The van der Waals surface area contributed by atoms with Crippen molar-refractivity contribution in [2.45, 2.75) is 32.2 Å². The van der Waals surface area contributed by atoms with Crippen LogP contribution in [0, 0.1) is 5.92 Å². The van der Waals surface area contributed by atoms with Gasteiger partial charge in [-0.3, -0.25) is 9.59 Å². The molecule has 0 aromatic carbocycles. The van der Waals surface area contributed by atoms with Crippen LogP contribution < -0.4 is 11.5 Å². The Balaban J connectivity index is 2.35. The molecule has 86 valence electrons. The van der Waals surface area contributed by atoms with Crippen LogP contribution in [0.3, 0.4) is 0 Å². The molecular weight excluding hydrogens is 194 g/mol. The Kier molecular flexibility index (Phi) is 4.08. The summed E-state index contributed by atoms with van der Waals surface area (Å²) in [6.45, 7) is 3.08. The number of nitrogens with two attached hydrogens (primary N) is 2. The van der Waals surface area contributed by atoms with Crippen molar-refractivity contribution in [2.24, 2.45) is 17.4 Å². The number of piperidine rings is 1. The molecule has 1 atom stereocenters. The molecule has 4 N–H and O–H groups in total. The Morgan fingerprint density at radius 3 is 2.33 bits per heavy atom. The first-order valence-corrected chi connectivity index (χ1v) is 5.33. The molecule has 0 radical (unpaired) electrons. The molecule has 0 aromatic heterocycles. The number of rotatable bonds is 3. The number of carbonyl (C=O) groups is 2. The molecule has 1 saturated heterocycles. The van der Waals surface area contributed by atoms with Crippen LogP contribution in [0.2, 0.25) is 0 Å². The van der Waals surface area contributed by atoms with E-state index in [9.17, 15) is 9.59 Å². The van der Waals surface area contributed by atoms with E-state index in [1.54, 1.807) is 11.8 Å². The predicted molar refractivity (Wildman–Crippen MR) is 56.8 cm³/mol. The van der Waals surface area contributed by atoms with Gasteiger partial charge in [-0.25, -0.2) is 0 Å². The Morgan fingerprint density at radius 2 is 1.93 bits per heavy atom. The van der Waals surface area contributed by atoms with Gasteiger partial charge in [0.25, 0.3) is 0 Å². The lowest BCUT2D eigenvalue weighted by molar-refractivity contribution is -0.133. The molecule has 1 aliphatic heterocycles. The topological polar surface area (TPSA) is 89.4 Å². The molecule has 0 bridgehead atoms. The average Bonchev–Trinajstić information content (AvgIpc) is 2.17. The standard InChI is InChI=1S/C10H19N3O2/c1-7(11)10(15)13-4-2-8(3-5-13)6-9(12)14/h7-8H,2-6,11H2,1H3,(H2,12,14). The molecule has 1 rings (SSSR count). The van der Waals surface area contributed by atoms with Crippen LogP contribution >= 0.6 is 0 Å². The van der Waals surface area contributed by atoms with E-state index in [1.807, 2.05) is 0 Å². The zero-order valence-corrected chi connectivity index (χ0v) is 9.11. The van der Waals surface area contributed by atoms with Crippen molar-refractivity contribution in [3.63, 3.8) is 0 Å². The van der Waals surface area contributed by atoms with Crippen molar-refractivity contribution in [3.8, 4) is 0 Å². The molecule has 1 aliphatic rings. The third-order valence-electron chi connectivity index (χ3n) is 2.81. The first-order valence-electron chi connectivity index (χ1n) is 5.33. The monoisotopic (exact) mass is 213 g/mol. The second kappa shape index (κ2) is 5.11. The third kappa shape index (κ3) is 3.51. The van der Waals surface area contributed by atoms with E-state index >= 15 is 0 Å². The van der Waals surface area contributed by atoms with Crippen LogP contribution in [-0.2, 0) is 9.59 Å². The van der Waals surface area contributed by atoms with E-state index in [-0.39, 0.29) is 11.8 Å². The molecule has 2 amide bonds. The van der Waals surface area contributed by atoms with E-state index in [1.165, 1.54) is 0 Å².